The van der Waals surface area contributed by atoms with Gasteiger partial charge >= 0.3 is 0 Å². The highest BCUT2D eigenvalue weighted by Gasteiger charge is 2.15. The van der Waals surface area contributed by atoms with Crippen LogP contribution in [0.4, 0.5) is 11.8 Å². The van der Waals surface area contributed by atoms with Crippen LogP contribution in [0.25, 0.3) is 0 Å². The van der Waals surface area contributed by atoms with Crippen molar-refractivity contribution in [3.63, 3.8) is 0 Å². The molecule has 0 spiro atoms. The summed E-state index contributed by atoms with van der Waals surface area (Å²) in [5.74, 6) is 2.11. The van der Waals surface area contributed by atoms with Crippen molar-refractivity contribution < 1.29 is 9.47 Å². The first-order valence-corrected chi connectivity index (χ1v) is 8.25. The highest BCUT2D eigenvalue weighted by Crippen LogP contribution is 2.13. The van der Waals surface area contributed by atoms with Crippen LogP contribution in [-0.2, 0) is 11.2 Å². The van der Waals surface area contributed by atoms with E-state index < -0.39 is 0 Å². The Balaban J connectivity index is 1.45. The van der Waals surface area contributed by atoms with Gasteiger partial charge in [-0.15, -0.1) is 5.10 Å². The van der Waals surface area contributed by atoms with Crippen LogP contribution in [0.5, 0.6) is 5.75 Å². The fraction of sp³-hybridized carbons (Fsp3) is 0.471. The van der Waals surface area contributed by atoms with Gasteiger partial charge in [0, 0.05) is 19.7 Å². The predicted octanol–water partition coefficient (Wildman–Crippen LogP) is 2.13. The number of hydrogen-bond donors (Lipinski definition) is 2. The molecule has 2 N–H and O–H groups in total. The molecule has 1 unspecified atom stereocenters. The van der Waals surface area contributed by atoms with E-state index in [1.807, 2.05) is 12.1 Å². The molecule has 0 aliphatic carbocycles. The van der Waals surface area contributed by atoms with E-state index in [-0.39, 0.29) is 6.10 Å². The fourth-order valence-electron chi connectivity index (χ4n) is 2.60. The van der Waals surface area contributed by atoms with E-state index in [4.69, 9.17) is 9.47 Å². The first kappa shape index (κ1) is 16.4. The third kappa shape index (κ3) is 4.79. The second-order valence-corrected chi connectivity index (χ2v) is 5.71. The second kappa shape index (κ2) is 8.44. The molecule has 2 heterocycles. The Kier molecular flexibility index (Phi) is 5.79. The van der Waals surface area contributed by atoms with Gasteiger partial charge in [-0.3, -0.25) is 0 Å². The minimum absolute atomic E-state index is 0.270. The van der Waals surface area contributed by atoms with Crippen LogP contribution >= 0.6 is 0 Å². The lowest BCUT2D eigenvalue weighted by Crippen LogP contribution is -2.19. The maximum absolute atomic E-state index is 5.58. The number of nitrogens with zero attached hydrogens (tertiary/aromatic N) is 3. The number of hydrogen-bond acceptors (Lipinski definition) is 7. The van der Waals surface area contributed by atoms with E-state index >= 15 is 0 Å². The summed E-state index contributed by atoms with van der Waals surface area (Å²) in [5, 5.41) is 14.5. The van der Waals surface area contributed by atoms with Gasteiger partial charge in [-0.2, -0.15) is 10.1 Å². The Morgan fingerprint density at radius 1 is 1.25 bits per heavy atom. The van der Waals surface area contributed by atoms with Crippen LogP contribution in [0.1, 0.15) is 18.4 Å². The average Bonchev–Trinajstić information content (AvgIpc) is 3.15. The minimum atomic E-state index is 0.270. The van der Waals surface area contributed by atoms with Crippen molar-refractivity contribution in [2.24, 2.45) is 0 Å². The van der Waals surface area contributed by atoms with E-state index in [1.165, 1.54) is 5.56 Å². The number of nitrogens with one attached hydrogen (secondary N) is 2. The van der Waals surface area contributed by atoms with Crippen molar-refractivity contribution in [2.45, 2.75) is 25.4 Å². The fourth-order valence-corrected chi connectivity index (χ4v) is 2.60. The zero-order valence-corrected chi connectivity index (χ0v) is 13.9. The van der Waals surface area contributed by atoms with Crippen LogP contribution < -0.4 is 15.4 Å². The lowest BCUT2D eigenvalue weighted by atomic mass is 10.1. The Morgan fingerprint density at radius 2 is 2.12 bits per heavy atom. The summed E-state index contributed by atoms with van der Waals surface area (Å²) in [5.41, 5.74) is 1.23. The van der Waals surface area contributed by atoms with Crippen molar-refractivity contribution in [1.82, 2.24) is 15.2 Å². The summed E-state index contributed by atoms with van der Waals surface area (Å²) in [4.78, 5) is 4.42. The Hall–Kier alpha value is -2.41. The Bertz CT molecular complexity index is 629. The standard InChI is InChI=1S/C17H23N5O2/c1-23-14-6-4-13(5-7-14)8-9-18-17-21-16(12-20-22-17)19-11-15-3-2-10-24-15/h4-7,12,15H,2-3,8-11H2,1H3,(H2,18,19,21,22). The van der Waals surface area contributed by atoms with Gasteiger partial charge in [-0.1, -0.05) is 12.1 Å². The van der Waals surface area contributed by atoms with E-state index in [9.17, 15) is 0 Å². The molecular formula is C17H23N5O2. The smallest absolute Gasteiger partial charge is 0.244 e. The van der Waals surface area contributed by atoms with Gasteiger partial charge in [0.2, 0.25) is 5.95 Å². The number of aromatic nitrogens is 3. The van der Waals surface area contributed by atoms with Crippen LogP contribution in [0.2, 0.25) is 0 Å². The molecule has 0 bridgehead atoms. The van der Waals surface area contributed by atoms with Gasteiger partial charge in [0.05, 0.1) is 19.4 Å². The number of rotatable bonds is 8. The Labute approximate surface area is 141 Å². The molecular weight excluding hydrogens is 306 g/mol. The van der Waals surface area contributed by atoms with Crippen LogP contribution in [0.15, 0.2) is 30.5 Å². The van der Waals surface area contributed by atoms with E-state index in [1.54, 1.807) is 13.3 Å². The van der Waals surface area contributed by atoms with Gasteiger partial charge in [0.15, 0.2) is 5.82 Å². The molecule has 24 heavy (non-hydrogen) atoms. The topological polar surface area (TPSA) is 81.2 Å². The monoisotopic (exact) mass is 329 g/mol. The quantitative estimate of drug-likeness (QED) is 0.768. The molecule has 1 aliphatic heterocycles. The zero-order chi connectivity index (χ0) is 16.6. The number of methoxy groups -OCH3 is 1. The predicted molar refractivity (Wildman–Crippen MR) is 92.5 cm³/mol. The summed E-state index contributed by atoms with van der Waals surface area (Å²) < 4.78 is 10.7. The number of benzene rings is 1. The van der Waals surface area contributed by atoms with Crippen molar-refractivity contribution >= 4 is 11.8 Å². The van der Waals surface area contributed by atoms with E-state index in [2.05, 4.69) is 37.9 Å². The lowest BCUT2D eigenvalue weighted by Gasteiger charge is -2.11. The highest BCUT2D eigenvalue weighted by molar-refractivity contribution is 5.37. The second-order valence-electron chi connectivity index (χ2n) is 5.71. The molecule has 1 aromatic carbocycles. The van der Waals surface area contributed by atoms with E-state index in [0.29, 0.717) is 11.8 Å². The SMILES string of the molecule is COc1ccc(CCNc2nncc(NCC3CCCO3)n2)cc1. The molecule has 7 heteroatoms. The molecule has 1 fully saturated rings. The van der Waals surface area contributed by atoms with Gasteiger partial charge in [-0.05, 0) is 37.0 Å². The molecule has 3 rings (SSSR count). The summed E-state index contributed by atoms with van der Waals surface area (Å²) in [6, 6.07) is 8.03. The van der Waals surface area contributed by atoms with Gasteiger partial charge in [0.25, 0.3) is 0 Å². The maximum Gasteiger partial charge on any atom is 0.244 e. The largest absolute Gasteiger partial charge is 0.497 e. The normalized spacial score (nSPS) is 16.8. The van der Waals surface area contributed by atoms with Crippen LogP contribution in [0.3, 0.4) is 0 Å². The molecule has 1 atom stereocenters. The maximum atomic E-state index is 5.58. The van der Waals surface area contributed by atoms with Gasteiger partial charge < -0.3 is 20.1 Å². The molecule has 1 saturated heterocycles. The molecule has 128 valence electrons. The lowest BCUT2D eigenvalue weighted by molar-refractivity contribution is 0.120. The number of ether oxygens (including phenoxy) is 2. The summed E-state index contributed by atoms with van der Waals surface area (Å²) >= 11 is 0. The molecule has 0 saturated carbocycles. The van der Waals surface area contributed by atoms with Crippen molar-refractivity contribution in [3.05, 3.63) is 36.0 Å². The third-order valence-corrected chi connectivity index (χ3v) is 3.95. The van der Waals surface area contributed by atoms with Crippen molar-refractivity contribution in [3.8, 4) is 5.75 Å². The summed E-state index contributed by atoms with van der Waals surface area (Å²) in [6.45, 7) is 2.35. The highest BCUT2D eigenvalue weighted by atomic mass is 16.5. The van der Waals surface area contributed by atoms with E-state index in [0.717, 1.165) is 44.7 Å². The zero-order valence-electron chi connectivity index (χ0n) is 13.9. The van der Waals surface area contributed by atoms with Crippen LogP contribution in [-0.4, -0.2) is 48.1 Å². The molecule has 0 radical (unpaired) electrons. The van der Waals surface area contributed by atoms with Crippen LogP contribution in [0, 0.1) is 0 Å². The minimum Gasteiger partial charge on any atom is -0.497 e. The number of anilines is 2. The molecule has 2 aromatic rings. The molecule has 0 amide bonds. The molecule has 7 nitrogen and oxygen atoms in total. The first-order valence-electron chi connectivity index (χ1n) is 8.25. The van der Waals surface area contributed by atoms with Gasteiger partial charge in [-0.25, -0.2) is 0 Å². The molecule has 1 aromatic heterocycles. The third-order valence-electron chi connectivity index (χ3n) is 3.95. The summed E-state index contributed by atoms with van der Waals surface area (Å²) in [6.07, 6.45) is 5.00. The van der Waals surface area contributed by atoms with Crippen molar-refractivity contribution in [1.29, 1.82) is 0 Å². The Morgan fingerprint density at radius 3 is 2.88 bits per heavy atom. The summed E-state index contributed by atoms with van der Waals surface area (Å²) in [7, 11) is 1.67. The van der Waals surface area contributed by atoms with Crippen molar-refractivity contribution in [2.75, 3.05) is 37.4 Å². The van der Waals surface area contributed by atoms with Gasteiger partial charge in [0.1, 0.15) is 5.75 Å². The molecule has 1 aliphatic rings. The first-order chi connectivity index (χ1) is 11.8. The average molecular weight is 329 g/mol.